The van der Waals surface area contributed by atoms with Gasteiger partial charge >= 0.3 is 5.97 Å². The van der Waals surface area contributed by atoms with E-state index in [0.29, 0.717) is 26.1 Å². The van der Waals surface area contributed by atoms with Crippen molar-refractivity contribution in [3.05, 3.63) is 70.6 Å². The fourth-order valence-electron chi connectivity index (χ4n) is 3.07. The normalized spacial score (nSPS) is 10.3. The molecule has 8 heteroatoms. The fraction of sp³-hybridized carbons (Fsp3) is 0.174. The Balaban J connectivity index is 1.90. The van der Waals surface area contributed by atoms with Crippen molar-refractivity contribution >= 4 is 51.2 Å². The van der Waals surface area contributed by atoms with Gasteiger partial charge in [-0.05, 0) is 36.3 Å². The summed E-state index contributed by atoms with van der Waals surface area (Å²) in [4.78, 5) is 26.9. The maximum atomic E-state index is 12.5. The largest absolute Gasteiger partial charge is 0.465 e. The summed E-state index contributed by atoms with van der Waals surface area (Å²) in [5, 5.41) is 7.04. The standard InChI is InChI=1S/C23H23N3O3S2/c1-14-18(22(28)29-4)20(31-19(14)21(27)26(2)3)25-23(30)24-17-13-9-8-12-16(17)15-10-6-5-7-11-15/h5-13H,1-4H3,(H2,24,25,30). The number of rotatable bonds is 5. The number of para-hydroxylation sites is 1. The van der Waals surface area contributed by atoms with Crippen LogP contribution >= 0.6 is 23.6 Å². The monoisotopic (exact) mass is 453 g/mol. The van der Waals surface area contributed by atoms with Crippen molar-refractivity contribution in [2.45, 2.75) is 6.92 Å². The van der Waals surface area contributed by atoms with Crippen LogP contribution in [-0.4, -0.2) is 43.1 Å². The second-order valence-corrected chi connectivity index (χ2v) is 8.37. The summed E-state index contributed by atoms with van der Waals surface area (Å²) in [7, 11) is 4.64. The van der Waals surface area contributed by atoms with E-state index >= 15 is 0 Å². The highest BCUT2D eigenvalue weighted by molar-refractivity contribution is 7.80. The van der Waals surface area contributed by atoms with E-state index in [4.69, 9.17) is 17.0 Å². The molecule has 0 saturated heterocycles. The third kappa shape index (κ3) is 4.92. The van der Waals surface area contributed by atoms with Gasteiger partial charge in [0.2, 0.25) is 0 Å². The van der Waals surface area contributed by atoms with Crippen LogP contribution in [0.4, 0.5) is 10.7 Å². The van der Waals surface area contributed by atoms with Gasteiger partial charge in [-0.2, -0.15) is 0 Å². The maximum Gasteiger partial charge on any atom is 0.341 e. The number of hydrogen-bond donors (Lipinski definition) is 2. The number of carbonyl (C=O) groups is 2. The number of ether oxygens (including phenoxy) is 1. The third-order valence-electron chi connectivity index (χ3n) is 4.62. The lowest BCUT2D eigenvalue weighted by Crippen LogP contribution is -2.21. The van der Waals surface area contributed by atoms with Crippen molar-refractivity contribution in [1.29, 1.82) is 0 Å². The van der Waals surface area contributed by atoms with Crippen LogP contribution in [0.15, 0.2) is 54.6 Å². The number of methoxy groups -OCH3 is 1. The van der Waals surface area contributed by atoms with Gasteiger partial charge in [0.05, 0.1) is 17.6 Å². The summed E-state index contributed by atoms with van der Waals surface area (Å²) in [5.74, 6) is -0.712. The Hall–Kier alpha value is -3.23. The first-order valence-corrected chi connectivity index (χ1v) is 10.7. The number of carbonyl (C=O) groups excluding carboxylic acids is 2. The van der Waals surface area contributed by atoms with Crippen LogP contribution in [0.1, 0.15) is 25.6 Å². The van der Waals surface area contributed by atoms with Crippen LogP contribution in [0.25, 0.3) is 11.1 Å². The van der Waals surface area contributed by atoms with Crippen molar-refractivity contribution < 1.29 is 14.3 Å². The molecule has 0 aliphatic rings. The van der Waals surface area contributed by atoms with Gasteiger partial charge < -0.3 is 20.3 Å². The molecule has 6 nitrogen and oxygen atoms in total. The van der Waals surface area contributed by atoms with Gasteiger partial charge in [-0.25, -0.2) is 4.79 Å². The second-order valence-electron chi connectivity index (χ2n) is 6.94. The summed E-state index contributed by atoms with van der Waals surface area (Å²) < 4.78 is 4.93. The molecule has 0 fully saturated rings. The van der Waals surface area contributed by atoms with Gasteiger partial charge in [0, 0.05) is 25.3 Å². The third-order valence-corrected chi connectivity index (χ3v) is 6.02. The zero-order valence-electron chi connectivity index (χ0n) is 17.7. The molecular weight excluding hydrogens is 430 g/mol. The van der Waals surface area contributed by atoms with E-state index in [2.05, 4.69) is 10.6 Å². The molecule has 160 valence electrons. The number of anilines is 2. The Bertz CT molecular complexity index is 1120. The predicted molar refractivity (Wildman–Crippen MR) is 130 cm³/mol. The minimum atomic E-state index is -0.526. The first-order chi connectivity index (χ1) is 14.8. The molecule has 0 bridgehead atoms. The quantitative estimate of drug-likeness (QED) is 0.418. The van der Waals surface area contributed by atoms with Crippen LogP contribution in [-0.2, 0) is 4.74 Å². The van der Waals surface area contributed by atoms with Crippen molar-refractivity contribution in [2.24, 2.45) is 0 Å². The number of thiophene rings is 1. The highest BCUT2D eigenvalue weighted by Gasteiger charge is 2.26. The van der Waals surface area contributed by atoms with Crippen molar-refractivity contribution in [1.82, 2.24) is 4.90 Å². The molecule has 1 amide bonds. The van der Waals surface area contributed by atoms with Crippen LogP contribution < -0.4 is 10.6 Å². The average molecular weight is 454 g/mol. The zero-order valence-corrected chi connectivity index (χ0v) is 19.3. The number of nitrogens with one attached hydrogen (secondary N) is 2. The van der Waals surface area contributed by atoms with Crippen molar-refractivity contribution in [3.63, 3.8) is 0 Å². The number of hydrogen-bond acceptors (Lipinski definition) is 5. The zero-order chi connectivity index (χ0) is 22.5. The fourth-order valence-corrected chi connectivity index (χ4v) is 4.57. The van der Waals surface area contributed by atoms with Gasteiger partial charge in [0.15, 0.2) is 5.11 Å². The van der Waals surface area contributed by atoms with Gasteiger partial charge in [-0.15, -0.1) is 11.3 Å². The maximum absolute atomic E-state index is 12.5. The summed E-state index contributed by atoms with van der Waals surface area (Å²) in [5.41, 5.74) is 3.73. The molecule has 0 radical (unpaired) electrons. The minimum Gasteiger partial charge on any atom is -0.465 e. The van der Waals surface area contributed by atoms with E-state index in [0.717, 1.165) is 16.8 Å². The molecule has 2 aromatic carbocycles. The van der Waals surface area contributed by atoms with E-state index < -0.39 is 5.97 Å². The van der Waals surface area contributed by atoms with Gasteiger partial charge in [0.1, 0.15) is 5.00 Å². The molecule has 0 aliphatic carbocycles. The molecule has 3 rings (SSSR count). The van der Waals surface area contributed by atoms with Crippen molar-refractivity contribution in [3.8, 4) is 11.1 Å². The smallest absolute Gasteiger partial charge is 0.341 e. The number of thiocarbonyl (C=S) groups is 1. The van der Waals surface area contributed by atoms with Gasteiger partial charge in [-0.3, -0.25) is 4.79 Å². The first kappa shape index (κ1) is 22.5. The SMILES string of the molecule is COC(=O)c1c(NC(=S)Nc2ccccc2-c2ccccc2)sc(C(=O)N(C)C)c1C. The molecule has 0 atom stereocenters. The summed E-state index contributed by atoms with van der Waals surface area (Å²) in [6, 6.07) is 17.8. The summed E-state index contributed by atoms with van der Waals surface area (Å²) in [6.45, 7) is 1.73. The van der Waals surface area contributed by atoms with Crippen LogP contribution in [0, 0.1) is 6.92 Å². The Morgan fingerprint density at radius 2 is 1.65 bits per heavy atom. The van der Waals surface area contributed by atoms with E-state index in [9.17, 15) is 9.59 Å². The lowest BCUT2D eigenvalue weighted by Gasteiger charge is -2.14. The van der Waals surface area contributed by atoms with E-state index in [1.54, 1.807) is 21.0 Å². The average Bonchev–Trinajstić information content (AvgIpc) is 3.08. The van der Waals surface area contributed by atoms with Gasteiger partial charge in [0.25, 0.3) is 5.91 Å². The number of amides is 1. The highest BCUT2D eigenvalue weighted by atomic mass is 32.1. The topological polar surface area (TPSA) is 70.7 Å². The van der Waals surface area contributed by atoms with Crippen LogP contribution in [0.2, 0.25) is 0 Å². The van der Waals surface area contributed by atoms with Crippen LogP contribution in [0.3, 0.4) is 0 Å². The Labute approximate surface area is 190 Å². The predicted octanol–water partition coefficient (Wildman–Crippen LogP) is 5.02. The molecule has 0 unspecified atom stereocenters. The lowest BCUT2D eigenvalue weighted by molar-refractivity contribution is 0.0601. The molecule has 0 spiro atoms. The van der Waals surface area contributed by atoms with E-state index in [1.807, 2.05) is 54.6 Å². The highest BCUT2D eigenvalue weighted by Crippen LogP contribution is 2.35. The summed E-state index contributed by atoms with van der Waals surface area (Å²) in [6.07, 6.45) is 0. The lowest BCUT2D eigenvalue weighted by atomic mass is 10.0. The molecule has 31 heavy (non-hydrogen) atoms. The molecule has 2 N–H and O–H groups in total. The minimum absolute atomic E-state index is 0.186. The van der Waals surface area contributed by atoms with Crippen LogP contribution in [0.5, 0.6) is 0 Å². The second kappa shape index (κ2) is 9.72. The van der Waals surface area contributed by atoms with E-state index in [1.165, 1.54) is 23.3 Å². The first-order valence-electron chi connectivity index (χ1n) is 9.49. The molecule has 1 heterocycles. The van der Waals surface area contributed by atoms with Crippen molar-refractivity contribution in [2.75, 3.05) is 31.8 Å². The summed E-state index contributed by atoms with van der Waals surface area (Å²) >= 11 is 6.69. The van der Waals surface area contributed by atoms with E-state index in [-0.39, 0.29) is 5.91 Å². The molecule has 0 aliphatic heterocycles. The Morgan fingerprint density at radius 3 is 2.29 bits per heavy atom. The molecule has 3 aromatic rings. The Morgan fingerprint density at radius 1 is 1.00 bits per heavy atom. The Kier molecular flexibility index (Phi) is 7.04. The molecule has 1 aromatic heterocycles. The molecule has 0 saturated carbocycles. The molecular formula is C23H23N3O3S2. The number of esters is 1. The number of benzene rings is 2. The van der Waals surface area contributed by atoms with Gasteiger partial charge in [-0.1, -0.05) is 48.5 Å². The number of nitrogens with zero attached hydrogens (tertiary/aromatic N) is 1.